The molecule has 0 saturated carbocycles. The summed E-state index contributed by atoms with van der Waals surface area (Å²) in [5, 5.41) is 12.0. The van der Waals surface area contributed by atoms with Crippen LogP contribution in [0.25, 0.3) is 0 Å². The Balaban J connectivity index is 1.83. The molecule has 0 aliphatic rings. The van der Waals surface area contributed by atoms with Crippen molar-refractivity contribution in [3.63, 3.8) is 0 Å². The summed E-state index contributed by atoms with van der Waals surface area (Å²) < 4.78 is 11.2. The van der Waals surface area contributed by atoms with E-state index in [9.17, 15) is 19.5 Å². The molecule has 3 aromatic rings. The van der Waals surface area contributed by atoms with Gasteiger partial charge >= 0.3 is 11.9 Å². The quantitative estimate of drug-likeness (QED) is 0.472. The number of aromatic carboxylic acids is 1. The van der Waals surface area contributed by atoms with Gasteiger partial charge in [0.05, 0.1) is 18.4 Å². The lowest BCUT2D eigenvalue weighted by Crippen LogP contribution is -2.20. The Morgan fingerprint density at radius 2 is 1.71 bits per heavy atom. The number of nitrogens with one attached hydrogen (secondary N) is 1. The number of carbonyl (C=O) groups excluding carboxylic acids is 2. The summed E-state index contributed by atoms with van der Waals surface area (Å²) >= 11 is 3.21. The van der Waals surface area contributed by atoms with E-state index in [0.29, 0.717) is 10.0 Å². The molecule has 3 rings (SSSR count). The third-order valence-corrected chi connectivity index (χ3v) is 4.82. The Bertz CT molecular complexity index is 1120. The van der Waals surface area contributed by atoms with Crippen LogP contribution < -0.4 is 10.1 Å². The van der Waals surface area contributed by atoms with Crippen LogP contribution in [-0.4, -0.2) is 30.1 Å². The summed E-state index contributed by atoms with van der Waals surface area (Å²) in [6.07, 6.45) is -1.01. The number of hydrogen-bond donors (Lipinski definition) is 2. The second-order valence-corrected chi connectivity index (χ2v) is 7.32. The third kappa shape index (κ3) is 5.49. The highest BCUT2D eigenvalue weighted by Crippen LogP contribution is 2.25. The number of esters is 1. The zero-order chi connectivity index (χ0) is 22.4. The lowest BCUT2D eigenvalue weighted by Gasteiger charge is -2.18. The highest BCUT2D eigenvalue weighted by Gasteiger charge is 2.24. The van der Waals surface area contributed by atoms with E-state index in [-0.39, 0.29) is 22.6 Å². The van der Waals surface area contributed by atoms with Gasteiger partial charge in [-0.25, -0.2) is 9.59 Å². The Morgan fingerprint density at radius 1 is 0.968 bits per heavy atom. The molecule has 0 fully saturated rings. The van der Waals surface area contributed by atoms with E-state index in [4.69, 9.17) is 9.47 Å². The fourth-order valence-electron chi connectivity index (χ4n) is 2.83. The van der Waals surface area contributed by atoms with Crippen molar-refractivity contribution in [1.29, 1.82) is 0 Å². The highest BCUT2D eigenvalue weighted by atomic mass is 79.9. The number of hydrogen-bond acceptors (Lipinski definition) is 5. The van der Waals surface area contributed by atoms with Crippen LogP contribution in [0.2, 0.25) is 0 Å². The average molecular weight is 484 g/mol. The van der Waals surface area contributed by atoms with Gasteiger partial charge in [0.2, 0.25) is 6.10 Å². The van der Waals surface area contributed by atoms with E-state index in [1.165, 1.54) is 25.3 Å². The predicted molar refractivity (Wildman–Crippen MR) is 117 cm³/mol. The lowest BCUT2D eigenvalue weighted by atomic mass is 10.1. The molecular formula is C23H18BrNO6. The van der Waals surface area contributed by atoms with Gasteiger partial charge in [0.1, 0.15) is 5.75 Å². The molecular weight excluding hydrogens is 466 g/mol. The summed E-state index contributed by atoms with van der Waals surface area (Å²) in [6, 6.07) is 19.6. The summed E-state index contributed by atoms with van der Waals surface area (Å²) in [5.74, 6) is -2.00. The Hall–Kier alpha value is -3.65. The van der Waals surface area contributed by atoms with Crippen LogP contribution >= 0.6 is 15.9 Å². The molecule has 0 bridgehead atoms. The predicted octanol–water partition coefficient (Wildman–Crippen LogP) is 4.69. The molecule has 158 valence electrons. The SMILES string of the molecule is COC(=O)C(Oc1cccc(C(=O)Nc2ccc(Br)cc2C(=O)O)c1)c1ccccc1. The molecule has 0 aliphatic carbocycles. The number of carboxylic acid groups (broad SMARTS) is 1. The van der Waals surface area contributed by atoms with Crippen molar-refractivity contribution in [2.24, 2.45) is 0 Å². The van der Waals surface area contributed by atoms with Gasteiger partial charge in [-0.1, -0.05) is 52.3 Å². The maximum Gasteiger partial charge on any atom is 0.351 e. The second kappa shape index (κ2) is 9.90. The minimum absolute atomic E-state index is 0.0510. The first-order chi connectivity index (χ1) is 14.9. The molecule has 0 aromatic heterocycles. The minimum Gasteiger partial charge on any atom is -0.478 e. The van der Waals surface area contributed by atoms with E-state index in [1.807, 2.05) is 6.07 Å². The third-order valence-electron chi connectivity index (χ3n) is 4.33. The normalized spacial score (nSPS) is 11.3. The van der Waals surface area contributed by atoms with E-state index in [2.05, 4.69) is 21.2 Å². The van der Waals surface area contributed by atoms with Gasteiger partial charge in [0, 0.05) is 15.6 Å². The first-order valence-corrected chi connectivity index (χ1v) is 9.92. The summed E-state index contributed by atoms with van der Waals surface area (Å²) in [7, 11) is 1.27. The summed E-state index contributed by atoms with van der Waals surface area (Å²) in [6.45, 7) is 0. The molecule has 0 radical (unpaired) electrons. The fraction of sp³-hybridized carbons (Fsp3) is 0.0870. The maximum atomic E-state index is 12.7. The van der Waals surface area contributed by atoms with E-state index in [0.717, 1.165) is 0 Å². The van der Waals surface area contributed by atoms with Crippen LogP contribution in [0.5, 0.6) is 5.75 Å². The van der Waals surface area contributed by atoms with Crippen molar-refractivity contribution < 1.29 is 29.0 Å². The van der Waals surface area contributed by atoms with Crippen molar-refractivity contribution in [2.75, 3.05) is 12.4 Å². The second-order valence-electron chi connectivity index (χ2n) is 6.41. The number of carboxylic acids is 1. The van der Waals surface area contributed by atoms with E-state index >= 15 is 0 Å². The van der Waals surface area contributed by atoms with Crippen LogP contribution in [0.1, 0.15) is 32.4 Å². The van der Waals surface area contributed by atoms with Gasteiger partial charge in [0.25, 0.3) is 5.91 Å². The molecule has 1 atom stereocenters. The Kier molecular flexibility index (Phi) is 7.04. The molecule has 2 N–H and O–H groups in total. The molecule has 0 aliphatic heterocycles. The van der Waals surface area contributed by atoms with Gasteiger partial charge in [-0.05, 0) is 36.4 Å². The Morgan fingerprint density at radius 3 is 2.39 bits per heavy atom. The summed E-state index contributed by atoms with van der Waals surface area (Å²) in [5.41, 5.74) is 0.937. The van der Waals surface area contributed by atoms with Gasteiger partial charge in [-0.15, -0.1) is 0 Å². The van der Waals surface area contributed by atoms with E-state index in [1.54, 1.807) is 48.5 Å². The molecule has 3 aromatic carbocycles. The number of rotatable bonds is 7. The highest BCUT2D eigenvalue weighted by molar-refractivity contribution is 9.10. The van der Waals surface area contributed by atoms with Crippen molar-refractivity contribution in [3.05, 3.63) is 94.0 Å². The topological polar surface area (TPSA) is 102 Å². The molecule has 0 spiro atoms. The average Bonchev–Trinajstić information content (AvgIpc) is 2.78. The van der Waals surface area contributed by atoms with Crippen molar-refractivity contribution >= 4 is 39.5 Å². The van der Waals surface area contributed by atoms with Crippen LogP contribution in [0, 0.1) is 0 Å². The molecule has 0 heterocycles. The van der Waals surface area contributed by atoms with Crippen LogP contribution in [-0.2, 0) is 9.53 Å². The molecule has 31 heavy (non-hydrogen) atoms. The van der Waals surface area contributed by atoms with Crippen LogP contribution in [0.4, 0.5) is 5.69 Å². The van der Waals surface area contributed by atoms with Crippen molar-refractivity contribution in [2.45, 2.75) is 6.10 Å². The minimum atomic E-state index is -1.17. The van der Waals surface area contributed by atoms with Crippen LogP contribution in [0.15, 0.2) is 77.3 Å². The summed E-state index contributed by atoms with van der Waals surface area (Å²) in [4.78, 5) is 36.4. The lowest BCUT2D eigenvalue weighted by molar-refractivity contribution is -0.149. The van der Waals surface area contributed by atoms with Gasteiger partial charge < -0.3 is 19.9 Å². The molecule has 7 nitrogen and oxygen atoms in total. The number of anilines is 1. The number of halogens is 1. The zero-order valence-electron chi connectivity index (χ0n) is 16.4. The van der Waals surface area contributed by atoms with E-state index < -0.39 is 23.9 Å². The Labute approximate surface area is 186 Å². The van der Waals surface area contributed by atoms with Gasteiger partial charge in [0.15, 0.2) is 0 Å². The van der Waals surface area contributed by atoms with Gasteiger partial charge in [-0.2, -0.15) is 0 Å². The monoisotopic (exact) mass is 483 g/mol. The molecule has 1 amide bonds. The molecule has 8 heteroatoms. The number of benzene rings is 3. The van der Waals surface area contributed by atoms with Crippen molar-refractivity contribution in [3.8, 4) is 5.75 Å². The van der Waals surface area contributed by atoms with Crippen molar-refractivity contribution in [1.82, 2.24) is 0 Å². The number of methoxy groups -OCH3 is 1. The maximum absolute atomic E-state index is 12.7. The standard InChI is InChI=1S/C23H18BrNO6/c1-30-23(29)20(14-6-3-2-4-7-14)31-17-9-5-8-15(12-17)21(26)25-19-11-10-16(24)13-18(19)22(27)28/h2-13,20H,1H3,(H,25,26)(H,27,28). The zero-order valence-corrected chi connectivity index (χ0v) is 18.0. The number of carbonyl (C=O) groups is 3. The number of amides is 1. The largest absolute Gasteiger partial charge is 0.478 e. The molecule has 1 unspecified atom stereocenters. The van der Waals surface area contributed by atoms with Gasteiger partial charge in [-0.3, -0.25) is 4.79 Å². The van der Waals surface area contributed by atoms with Crippen LogP contribution in [0.3, 0.4) is 0 Å². The smallest absolute Gasteiger partial charge is 0.351 e. The first kappa shape index (κ1) is 22.0. The number of ether oxygens (including phenoxy) is 2. The molecule has 0 saturated heterocycles. The fourth-order valence-corrected chi connectivity index (χ4v) is 3.19. The first-order valence-electron chi connectivity index (χ1n) is 9.12.